The van der Waals surface area contributed by atoms with Crippen LogP contribution in [0.4, 0.5) is 16.2 Å². The van der Waals surface area contributed by atoms with Crippen LogP contribution in [0.25, 0.3) is 0 Å². The van der Waals surface area contributed by atoms with Gasteiger partial charge in [-0.15, -0.1) is 0 Å². The summed E-state index contributed by atoms with van der Waals surface area (Å²) < 4.78 is 5.40. The van der Waals surface area contributed by atoms with Gasteiger partial charge < -0.3 is 25.0 Å². The van der Waals surface area contributed by atoms with Gasteiger partial charge in [-0.2, -0.15) is 0 Å². The second-order valence-corrected chi connectivity index (χ2v) is 7.20. The molecule has 0 spiro atoms. The molecule has 1 fully saturated rings. The normalized spacial score (nSPS) is 13.5. The summed E-state index contributed by atoms with van der Waals surface area (Å²) in [6, 6.07) is 22.7. The third-order valence-corrected chi connectivity index (χ3v) is 5.11. The van der Waals surface area contributed by atoms with E-state index in [4.69, 9.17) is 4.74 Å². The number of para-hydroxylation sites is 1. The van der Waals surface area contributed by atoms with Crippen LogP contribution in [0.1, 0.15) is 10.4 Å². The molecule has 7 nitrogen and oxygen atoms in total. The molecule has 0 aromatic heterocycles. The SMILES string of the molecule is O=C(Nc1ccc(O)cc1)c1ccc(N2CCN(C(=O)Oc3ccccc3)CC2)cc1. The van der Waals surface area contributed by atoms with E-state index >= 15 is 0 Å². The number of rotatable bonds is 4. The van der Waals surface area contributed by atoms with Gasteiger partial charge in [0.25, 0.3) is 5.91 Å². The first-order valence-electron chi connectivity index (χ1n) is 10.1. The molecule has 3 aromatic rings. The Balaban J connectivity index is 1.30. The maximum Gasteiger partial charge on any atom is 0.415 e. The number of hydrogen-bond acceptors (Lipinski definition) is 5. The molecule has 158 valence electrons. The lowest BCUT2D eigenvalue weighted by atomic mass is 10.1. The molecule has 1 aliphatic heterocycles. The Hall–Kier alpha value is -4.00. The molecule has 7 heteroatoms. The van der Waals surface area contributed by atoms with E-state index in [2.05, 4.69) is 10.2 Å². The van der Waals surface area contributed by atoms with Gasteiger partial charge in [-0.25, -0.2) is 4.79 Å². The lowest BCUT2D eigenvalue weighted by molar-refractivity contribution is 0.102. The van der Waals surface area contributed by atoms with E-state index in [1.807, 2.05) is 30.3 Å². The highest BCUT2D eigenvalue weighted by molar-refractivity contribution is 6.04. The predicted octanol–water partition coefficient (Wildman–Crippen LogP) is 3.97. The molecule has 1 aliphatic rings. The van der Waals surface area contributed by atoms with Gasteiger partial charge in [0.05, 0.1) is 0 Å². The van der Waals surface area contributed by atoms with Crippen LogP contribution in [0.3, 0.4) is 0 Å². The van der Waals surface area contributed by atoms with Gasteiger partial charge >= 0.3 is 6.09 Å². The molecule has 31 heavy (non-hydrogen) atoms. The summed E-state index contributed by atoms with van der Waals surface area (Å²) in [7, 11) is 0. The van der Waals surface area contributed by atoms with Crippen LogP contribution in [0, 0.1) is 0 Å². The van der Waals surface area contributed by atoms with Gasteiger partial charge in [0, 0.05) is 43.1 Å². The van der Waals surface area contributed by atoms with Gasteiger partial charge in [0.2, 0.25) is 0 Å². The van der Waals surface area contributed by atoms with Gasteiger partial charge in [-0.3, -0.25) is 4.79 Å². The van der Waals surface area contributed by atoms with Crippen LogP contribution < -0.4 is 15.0 Å². The van der Waals surface area contributed by atoms with Crippen molar-refractivity contribution in [1.82, 2.24) is 4.90 Å². The number of piperazine rings is 1. The number of nitrogens with one attached hydrogen (secondary N) is 1. The zero-order valence-electron chi connectivity index (χ0n) is 16.9. The summed E-state index contributed by atoms with van der Waals surface area (Å²) in [6.07, 6.45) is -0.341. The first kappa shape index (κ1) is 20.3. The van der Waals surface area contributed by atoms with E-state index in [0.29, 0.717) is 43.2 Å². The lowest BCUT2D eigenvalue weighted by Gasteiger charge is -2.35. The number of aromatic hydroxyl groups is 1. The lowest BCUT2D eigenvalue weighted by Crippen LogP contribution is -2.49. The summed E-state index contributed by atoms with van der Waals surface area (Å²) in [6.45, 7) is 2.50. The zero-order valence-corrected chi connectivity index (χ0v) is 16.9. The van der Waals surface area contributed by atoms with Crippen molar-refractivity contribution in [3.8, 4) is 11.5 Å². The van der Waals surface area contributed by atoms with Crippen molar-refractivity contribution >= 4 is 23.4 Å². The van der Waals surface area contributed by atoms with Crippen LogP contribution >= 0.6 is 0 Å². The quantitative estimate of drug-likeness (QED) is 0.628. The minimum atomic E-state index is -0.341. The Kier molecular flexibility index (Phi) is 6.03. The van der Waals surface area contributed by atoms with Gasteiger partial charge in [0.15, 0.2) is 0 Å². The Bertz CT molecular complexity index is 1030. The van der Waals surface area contributed by atoms with E-state index in [1.165, 1.54) is 12.1 Å². The molecule has 0 aliphatic carbocycles. The molecule has 0 radical (unpaired) electrons. The molecule has 1 heterocycles. The zero-order chi connectivity index (χ0) is 21.6. The summed E-state index contributed by atoms with van der Waals surface area (Å²) in [5.74, 6) is 0.470. The average Bonchev–Trinajstić information content (AvgIpc) is 2.81. The molecule has 0 saturated carbocycles. The van der Waals surface area contributed by atoms with Crippen molar-refractivity contribution in [2.24, 2.45) is 0 Å². The number of anilines is 2. The van der Waals surface area contributed by atoms with Crippen molar-refractivity contribution < 1.29 is 19.4 Å². The number of hydrogen-bond donors (Lipinski definition) is 2. The number of nitrogens with zero attached hydrogens (tertiary/aromatic N) is 2. The summed E-state index contributed by atoms with van der Waals surface area (Å²) in [5.41, 5.74) is 2.16. The Morgan fingerprint density at radius 3 is 2.10 bits per heavy atom. The van der Waals surface area contributed by atoms with Crippen LogP contribution in [0.2, 0.25) is 0 Å². The molecule has 3 aromatic carbocycles. The molecule has 0 bridgehead atoms. The largest absolute Gasteiger partial charge is 0.508 e. The van der Waals surface area contributed by atoms with E-state index in [-0.39, 0.29) is 17.7 Å². The van der Waals surface area contributed by atoms with E-state index in [9.17, 15) is 14.7 Å². The van der Waals surface area contributed by atoms with Crippen molar-refractivity contribution in [2.45, 2.75) is 0 Å². The number of phenolic OH excluding ortho intramolecular Hbond substituents is 1. The molecule has 0 unspecified atom stereocenters. The number of amides is 2. The fraction of sp³-hybridized carbons (Fsp3) is 0.167. The topological polar surface area (TPSA) is 82.1 Å². The number of carbonyl (C=O) groups is 2. The van der Waals surface area contributed by atoms with Crippen LogP contribution in [-0.2, 0) is 0 Å². The van der Waals surface area contributed by atoms with Gasteiger partial charge in [-0.1, -0.05) is 18.2 Å². The first-order valence-corrected chi connectivity index (χ1v) is 10.1. The third-order valence-electron chi connectivity index (χ3n) is 5.11. The Labute approximate surface area is 180 Å². The number of phenols is 1. The maximum atomic E-state index is 12.4. The number of ether oxygens (including phenoxy) is 1. The standard InChI is InChI=1S/C24H23N3O4/c28-21-12-8-19(9-13-21)25-23(29)18-6-10-20(11-7-18)26-14-16-27(17-15-26)24(30)31-22-4-2-1-3-5-22/h1-13,28H,14-17H2,(H,25,29). The summed E-state index contributed by atoms with van der Waals surface area (Å²) >= 11 is 0. The Morgan fingerprint density at radius 2 is 1.45 bits per heavy atom. The highest BCUT2D eigenvalue weighted by atomic mass is 16.6. The summed E-state index contributed by atoms with van der Waals surface area (Å²) in [5, 5.41) is 12.1. The molecule has 2 N–H and O–H groups in total. The smallest absolute Gasteiger partial charge is 0.415 e. The van der Waals surface area contributed by atoms with E-state index in [1.54, 1.807) is 41.3 Å². The van der Waals surface area contributed by atoms with Gasteiger partial charge in [0.1, 0.15) is 11.5 Å². The van der Waals surface area contributed by atoms with E-state index < -0.39 is 0 Å². The first-order chi connectivity index (χ1) is 15.1. The van der Waals surface area contributed by atoms with Crippen molar-refractivity contribution in [1.29, 1.82) is 0 Å². The number of benzene rings is 3. The minimum absolute atomic E-state index is 0.149. The molecule has 1 saturated heterocycles. The number of carbonyl (C=O) groups excluding carboxylic acids is 2. The van der Waals surface area contributed by atoms with Crippen LogP contribution in [0.5, 0.6) is 11.5 Å². The fourth-order valence-electron chi connectivity index (χ4n) is 3.37. The second-order valence-electron chi connectivity index (χ2n) is 7.20. The highest BCUT2D eigenvalue weighted by Crippen LogP contribution is 2.20. The fourth-order valence-corrected chi connectivity index (χ4v) is 3.37. The minimum Gasteiger partial charge on any atom is -0.508 e. The van der Waals surface area contributed by atoms with Crippen LogP contribution in [-0.4, -0.2) is 48.2 Å². The third kappa shape index (κ3) is 5.14. The molecule has 4 rings (SSSR count). The van der Waals surface area contributed by atoms with Crippen LogP contribution in [0.15, 0.2) is 78.9 Å². The van der Waals surface area contributed by atoms with Crippen molar-refractivity contribution in [2.75, 3.05) is 36.4 Å². The van der Waals surface area contributed by atoms with Crippen molar-refractivity contribution in [3.05, 3.63) is 84.4 Å². The summed E-state index contributed by atoms with van der Waals surface area (Å²) in [4.78, 5) is 28.6. The molecule has 0 atom stereocenters. The predicted molar refractivity (Wildman–Crippen MR) is 119 cm³/mol. The monoisotopic (exact) mass is 417 g/mol. The Morgan fingerprint density at radius 1 is 0.806 bits per heavy atom. The second kappa shape index (κ2) is 9.21. The highest BCUT2D eigenvalue weighted by Gasteiger charge is 2.23. The molecular formula is C24H23N3O4. The molecular weight excluding hydrogens is 394 g/mol. The van der Waals surface area contributed by atoms with Gasteiger partial charge in [-0.05, 0) is 60.7 Å². The van der Waals surface area contributed by atoms with E-state index in [0.717, 1.165) is 5.69 Å². The molecule has 2 amide bonds. The average molecular weight is 417 g/mol. The maximum absolute atomic E-state index is 12.4. The van der Waals surface area contributed by atoms with Crippen molar-refractivity contribution in [3.63, 3.8) is 0 Å².